The summed E-state index contributed by atoms with van der Waals surface area (Å²) in [7, 11) is 1.59. The summed E-state index contributed by atoms with van der Waals surface area (Å²) in [5.74, 6) is 0.408. The molecule has 4 rings (SSSR count). The van der Waals surface area contributed by atoms with E-state index in [2.05, 4.69) is 10.6 Å². The molecule has 2 heterocycles. The van der Waals surface area contributed by atoms with Gasteiger partial charge in [0.2, 0.25) is 0 Å². The fourth-order valence-electron chi connectivity index (χ4n) is 3.56. The molecule has 1 fully saturated rings. The molecular formula is C19H19ClN3O3+. The number of nitrogens with zero attached hydrogens (tertiary/aromatic N) is 1. The lowest BCUT2D eigenvalue weighted by molar-refractivity contribution is -0.665. The maximum Gasteiger partial charge on any atom is 0.257 e. The lowest BCUT2D eigenvalue weighted by atomic mass is 10.00. The third-order valence-electron chi connectivity index (χ3n) is 4.88. The van der Waals surface area contributed by atoms with E-state index in [1.807, 2.05) is 6.07 Å². The summed E-state index contributed by atoms with van der Waals surface area (Å²) in [5, 5.41) is 5.54. The summed E-state index contributed by atoms with van der Waals surface area (Å²) in [5.41, 5.74) is 2.64. The van der Waals surface area contributed by atoms with Crippen LogP contribution in [0.1, 0.15) is 10.4 Å². The third kappa shape index (κ3) is 2.81. The van der Waals surface area contributed by atoms with Gasteiger partial charge in [0.15, 0.2) is 6.04 Å². The SMILES string of the molecule is COc1ccc(Cl)cc1-c1ccc2c(c1)C(=O)N1CC[NH2+]C[C@H]1C(=O)N2. The average Bonchev–Trinajstić information content (AvgIpc) is 2.77. The summed E-state index contributed by atoms with van der Waals surface area (Å²) < 4.78 is 5.43. The van der Waals surface area contributed by atoms with Crippen LogP contribution >= 0.6 is 11.6 Å². The van der Waals surface area contributed by atoms with Crippen LogP contribution in [-0.2, 0) is 4.79 Å². The Balaban J connectivity index is 1.81. The maximum atomic E-state index is 13.1. The highest BCUT2D eigenvalue weighted by Gasteiger charge is 2.38. The van der Waals surface area contributed by atoms with E-state index in [0.717, 1.165) is 17.7 Å². The topological polar surface area (TPSA) is 75.2 Å². The van der Waals surface area contributed by atoms with Gasteiger partial charge in [0.05, 0.1) is 31.5 Å². The molecule has 0 unspecified atom stereocenters. The Morgan fingerprint density at radius 2 is 2.04 bits per heavy atom. The van der Waals surface area contributed by atoms with Crippen LogP contribution in [0, 0.1) is 0 Å². The monoisotopic (exact) mass is 372 g/mol. The molecule has 0 bridgehead atoms. The number of anilines is 1. The van der Waals surface area contributed by atoms with E-state index in [4.69, 9.17) is 16.3 Å². The minimum absolute atomic E-state index is 0.126. The number of nitrogens with two attached hydrogens (primary N) is 1. The Kier molecular flexibility index (Phi) is 4.30. The molecule has 1 saturated heterocycles. The Morgan fingerprint density at radius 1 is 1.19 bits per heavy atom. The molecule has 3 N–H and O–H groups in total. The van der Waals surface area contributed by atoms with Crippen molar-refractivity contribution in [2.45, 2.75) is 6.04 Å². The van der Waals surface area contributed by atoms with Crippen LogP contribution in [0.25, 0.3) is 11.1 Å². The fraction of sp³-hybridized carbons (Fsp3) is 0.263. The lowest BCUT2D eigenvalue weighted by Gasteiger charge is -2.30. The first kappa shape index (κ1) is 16.9. The fourth-order valence-corrected chi connectivity index (χ4v) is 3.73. The number of carbonyl (C=O) groups excluding carboxylic acids is 2. The molecule has 2 aromatic carbocycles. The smallest absolute Gasteiger partial charge is 0.257 e. The Morgan fingerprint density at radius 3 is 2.85 bits per heavy atom. The highest BCUT2D eigenvalue weighted by Crippen LogP contribution is 2.35. The molecule has 6 nitrogen and oxygen atoms in total. The van der Waals surface area contributed by atoms with Crippen LogP contribution < -0.4 is 15.4 Å². The summed E-state index contributed by atoms with van der Waals surface area (Å²) >= 11 is 6.14. The molecule has 0 spiro atoms. The Hall–Kier alpha value is -2.57. The number of ether oxygens (including phenoxy) is 1. The second kappa shape index (κ2) is 6.63. The first-order valence-electron chi connectivity index (χ1n) is 8.50. The lowest BCUT2D eigenvalue weighted by Crippen LogP contribution is -2.92. The standard InChI is InChI=1S/C19H18ClN3O3/c1-26-17-5-3-12(20)9-13(17)11-2-4-15-14(8-11)19(25)23-7-6-21-10-16(23)18(24)22-15/h2-5,8-9,16,21H,6-7,10H2,1H3,(H,22,24)/p+1/t16-/m0/s1. The molecule has 2 amide bonds. The third-order valence-corrected chi connectivity index (χ3v) is 5.12. The zero-order valence-electron chi connectivity index (χ0n) is 14.3. The van der Waals surface area contributed by atoms with E-state index >= 15 is 0 Å². The van der Waals surface area contributed by atoms with Crippen LogP contribution in [0.4, 0.5) is 5.69 Å². The minimum atomic E-state index is -0.437. The summed E-state index contributed by atoms with van der Waals surface area (Å²) in [6.45, 7) is 1.94. The number of fused-ring (bicyclic) bond motifs is 2. The average molecular weight is 373 g/mol. The van der Waals surface area contributed by atoms with Crippen molar-refractivity contribution < 1.29 is 19.6 Å². The van der Waals surface area contributed by atoms with Crippen LogP contribution in [0.2, 0.25) is 5.02 Å². The van der Waals surface area contributed by atoms with E-state index in [1.54, 1.807) is 42.3 Å². The number of methoxy groups -OCH3 is 1. The van der Waals surface area contributed by atoms with Crippen molar-refractivity contribution in [2.24, 2.45) is 0 Å². The van der Waals surface area contributed by atoms with E-state index in [1.165, 1.54) is 0 Å². The second-order valence-electron chi connectivity index (χ2n) is 6.42. The maximum absolute atomic E-state index is 13.1. The van der Waals surface area contributed by atoms with Gasteiger partial charge in [0.25, 0.3) is 11.8 Å². The summed E-state index contributed by atoms with van der Waals surface area (Å²) in [4.78, 5) is 27.2. The van der Waals surface area contributed by atoms with Crippen molar-refractivity contribution in [3.05, 3.63) is 47.0 Å². The molecule has 0 saturated carbocycles. The van der Waals surface area contributed by atoms with E-state index in [-0.39, 0.29) is 11.8 Å². The Labute approximate surface area is 156 Å². The normalized spacial score (nSPS) is 19.3. The number of rotatable bonds is 2. The number of carbonyl (C=O) groups is 2. The van der Waals surface area contributed by atoms with Gasteiger partial charge in [-0.15, -0.1) is 0 Å². The van der Waals surface area contributed by atoms with Crippen LogP contribution in [0.5, 0.6) is 5.75 Å². The zero-order valence-corrected chi connectivity index (χ0v) is 15.0. The molecule has 1 atom stereocenters. The predicted octanol–water partition coefficient (Wildman–Crippen LogP) is 1.36. The number of amides is 2. The number of quaternary nitrogens is 1. The summed E-state index contributed by atoms with van der Waals surface area (Å²) in [6.07, 6.45) is 0. The van der Waals surface area contributed by atoms with Crippen molar-refractivity contribution in [1.82, 2.24) is 4.90 Å². The van der Waals surface area contributed by atoms with Gasteiger partial charge < -0.3 is 20.3 Å². The Bertz CT molecular complexity index is 900. The van der Waals surface area contributed by atoms with Crippen molar-refractivity contribution in [3.8, 4) is 16.9 Å². The zero-order chi connectivity index (χ0) is 18.3. The van der Waals surface area contributed by atoms with Gasteiger partial charge in [-0.1, -0.05) is 17.7 Å². The molecule has 7 heteroatoms. The second-order valence-corrected chi connectivity index (χ2v) is 6.86. The first-order chi connectivity index (χ1) is 12.6. The van der Waals surface area contributed by atoms with Crippen molar-refractivity contribution in [1.29, 1.82) is 0 Å². The van der Waals surface area contributed by atoms with Crippen molar-refractivity contribution in [2.75, 3.05) is 32.1 Å². The number of hydrogen-bond acceptors (Lipinski definition) is 3. The number of hydrogen-bond donors (Lipinski definition) is 2. The van der Waals surface area contributed by atoms with Crippen LogP contribution in [0.3, 0.4) is 0 Å². The predicted molar refractivity (Wildman–Crippen MR) is 98.6 cm³/mol. The van der Waals surface area contributed by atoms with Gasteiger partial charge in [-0.3, -0.25) is 9.59 Å². The highest BCUT2D eigenvalue weighted by molar-refractivity contribution is 6.31. The molecule has 2 aliphatic rings. The first-order valence-corrected chi connectivity index (χ1v) is 8.88. The molecule has 0 aromatic heterocycles. The van der Waals surface area contributed by atoms with Gasteiger partial charge in [0.1, 0.15) is 12.3 Å². The van der Waals surface area contributed by atoms with Gasteiger partial charge in [-0.25, -0.2) is 0 Å². The van der Waals surface area contributed by atoms with Crippen LogP contribution in [0.15, 0.2) is 36.4 Å². The molecule has 2 aliphatic heterocycles. The number of nitrogens with one attached hydrogen (secondary N) is 1. The van der Waals surface area contributed by atoms with Gasteiger partial charge >= 0.3 is 0 Å². The molecular weight excluding hydrogens is 354 g/mol. The highest BCUT2D eigenvalue weighted by atomic mass is 35.5. The molecule has 26 heavy (non-hydrogen) atoms. The minimum Gasteiger partial charge on any atom is -0.496 e. The quantitative estimate of drug-likeness (QED) is 0.835. The van der Waals surface area contributed by atoms with E-state index < -0.39 is 6.04 Å². The van der Waals surface area contributed by atoms with Gasteiger partial charge in [-0.2, -0.15) is 0 Å². The number of piperazine rings is 1. The molecule has 0 radical (unpaired) electrons. The van der Waals surface area contributed by atoms with Crippen molar-refractivity contribution in [3.63, 3.8) is 0 Å². The van der Waals surface area contributed by atoms with E-state index in [9.17, 15) is 9.59 Å². The molecule has 0 aliphatic carbocycles. The summed E-state index contributed by atoms with van der Waals surface area (Å²) in [6, 6.07) is 10.3. The molecule has 134 valence electrons. The molecule has 2 aromatic rings. The van der Waals surface area contributed by atoms with Crippen LogP contribution in [-0.4, -0.2) is 49.5 Å². The van der Waals surface area contributed by atoms with E-state index in [0.29, 0.717) is 35.1 Å². The number of benzene rings is 2. The van der Waals surface area contributed by atoms with Gasteiger partial charge in [0, 0.05) is 10.6 Å². The van der Waals surface area contributed by atoms with Crippen molar-refractivity contribution >= 4 is 29.1 Å². The number of halogens is 1. The largest absolute Gasteiger partial charge is 0.496 e. The van der Waals surface area contributed by atoms with Gasteiger partial charge in [-0.05, 0) is 35.9 Å².